The van der Waals surface area contributed by atoms with E-state index in [1.807, 2.05) is 61.5 Å². The van der Waals surface area contributed by atoms with Crippen LogP contribution in [0.5, 0.6) is 0 Å². The van der Waals surface area contributed by atoms with Gasteiger partial charge in [-0.25, -0.2) is 0 Å². The molecule has 2 heteroatoms. The number of rotatable bonds is 2. The van der Waals surface area contributed by atoms with Crippen molar-refractivity contribution >= 4 is 10.9 Å². The van der Waals surface area contributed by atoms with Gasteiger partial charge in [-0.05, 0) is 36.1 Å². The van der Waals surface area contributed by atoms with Crippen molar-refractivity contribution in [1.29, 1.82) is 0 Å². The van der Waals surface area contributed by atoms with Crippen LogP contribution in [0.25, 0.3) is 22.2 Å². The molecule has 0 spiro atoms. The predicted octanol–water partition coefficient (Wildman–Crippen LogP) is 4.57. The molecule has 21 heavy (non-hydrogen) atoms. The van der Waals surface area contributed by atoms with Gasteiger partial charge in [0.2, 0.25) is 11.2 Å². The van der Waals surface area contributed by atoms with Gasteiger partial charge in [0.15, 0.2) is 0 Å². The van der Waals surface area contributed by atoms with E-state index in [1.165, 1.54) is 5.56 Å². The van der Waals surface area contributed by atoms with Crippen LogP contribution in [-0.2, 0) is 0 Å². The molecule has 0 unspecified atom stereocenters. The highest BCUT2D eigenvalue weighted by Gasteiger charge is 2.19. The van der Waals surface area contributed by atoms with Gasteiger partial charge >= 0.3 is 0 Å². The minimum Gasteiger partial charge on any atom is -0.618 e. The average molecular weight is 277 g/mol. The minimum atomic E-state index is 0.374. The number of benzene rings is 2. The first-order valence-electron chi connectivity index (χ1n) is 7.31. The van der Waals surface area contributed by atoms with Crippen LogP contribution in [-0.4, -0.2) is 0 Å². The number of para-hydroxylation sites is 1. The normalized spacial score (nSPS) is 11.2. The molecule has 1 heterocycles. The third-order valence-corrected chi connectivity index (χ3v) is 3.99. The van der Waals surface area contributed by atoms with Crippen LogP contribution in [0.3, 0.4) is 0 Å². The molecule has 0 aliphatic carbocycles. The number of aromatic nitrogens is 1. The Bertz CT molecular complexity index is 806. The maximum Gasteiger partial charge on any atom is 0.224 e. The number of fused-ring (bicyclic) bond motifs is 1. The van der Waals surface area contributed by atoms with Gasteiger partial charge in [0, 0.05) is 12.1 Å². The van der Waals surface area contributed by atoms with Gasteiger partial charge in [-0.2, -0.15) is 4.73 Å². The summed E-state index contributed by atoms with van der Waals surface area (Å²) in [4.78, 5) is 0. The van der Waals surface area contributed by atoms with Crippen LogP contribution in [0.1, 0.15) is 30.9 Å². The van der Waals surface area contributed by atoms with Crippen LogP contribution < -0.4 is 4.73 Å². The molecule has 0 fully saturated rings. The first-order valence-corrected chi connectivity index (χ1v) is 7.31. The van der Waals surface area contributed by atoms with E-state index in [0.29, 0.717) is 5.92 Å². The zero-order valence-electron chi connectivity index (χ0n) is 12.6. The summed E-state index contributed by atoms with van der Waals surface area (Å²) >= 11 is 0. The first kappa shape index (κ1) is 13.6. The molecule has 0 radical (unpaired) electrons. The molecule has 0 aliphatic heterocycles. The van der Waals surface area contributed by atoms with Crippen LogP contribution in [0, 0.1) is 12.1 Å². The van der Waals surface area contributed by atoms with Crippen LogP contribution >= 0.6 is 0 Å². The Morgan fingerprint density at radius 2 is 1.62 bits per heavy atom. The van der Waals surface area contributed by atoms with Gasteiger partial charge in [0.1, 0.15) is 0 Å². The number of pyridine rings is 1. The molecular formula is C19H19NO. The van der Waals surface area contributed by atoms with Gasteiger partial charge in [-0.1, -0.05) is 44.2 Å². The van der Waals surface area contributed by atoms with Gasteiger partial charge in [-0.15, -0.1) is 0 Å². The lowest BCUT2D eigenvalue weighted by molar-refractivity contribution is -0.565. The molecule has 0 saturated carbocycles. The van der Waals surface area contributed by atoms with E-state index in [0.717, 1.165) is 32.5 Å². The summed E-state index contributed by atoms with van der Waals surface area (Å²) in [5.41, 5.74) is 4.81. The Morgan fingerprint density at radius 3 is 2.33 bits per heavy atom. The fourth-order valence-corrected chi connectivity index (χ4v) is 2.83. The number of nitrogens with zero attached hydrogens (tertiary/aromatic N) is 1. The Kier molecular flexibility index (Phi) is 3.38. The number of hydrogen-bond donors (Lipinski definition) is 0. The smallest absolute Gasteiger partial charge is 0.224 e. The quantitative estimate of drug-likeness (QED) is 0.498. The summed E-state index contributed by atoms with van der Waals surface area (Å²) in [6, 6.07) is 17.9. The zero-order chi connectivity index (χ0) is 15.0. The molecule has 3 rings (SSSR count). The highest BCUT2D eigenvalue weighted by molar-refractivity contribution is 5.82. The van der Waals surface area contributed by atoms with E-state index in [9.17, 15) is 5.21 Å². The van der Waals surface area contributed by atoms with E-state index in [1.54, 1.807) is 0 Å². The second-order valence-electron chi connectivity index (χ2n) is 5.77. The summed E-state index contributed by atoms with van der Waals surface area (Å²) in [5.74, 6) is 0.374. The van der Waals surface area contributed by atoms with E-state index >= 15 is 0 Å². The molecule has 106 valence electrons. The largest absolute Gasteiger partial charge is 0.618 e. The fraction of sp³-hybridized carbons (Fsp3) is 0.211. The van der Waals surface area contributed by atoms with Crippen LogP contribution in [0.4, 0.5) is 0 Å². The van der Waals surface area contributed by atoms with E-state index in [4.69, 9.17) is 0 Å². The van der Waals surface area contributed by atoms with Crippen molar-refractivity contribution in [1.82, 2.24) is 0 Å². The lowest BCUT2D eigenvalue weighted by atomic mass is 9.95. The van der Waals surface area contributed by atoms with Crippen molar-refractivity contribution in [2.45, 2.75) is 26.7 Å². The number of aryl methyl sites for hydroxylation is 1. The lowest BCUT2D eigenvalue weighted by Gasteiger charge is -2.15. The summed E-state index contributed by atoms with van der Waals surface area (Å²) < 4.78 is 1.06. The SMILES string of the molecule is Cc1ccccc1-c1cc(C(C)C)c2ccccc2[n+]1[O-]. The average Bonchev–Trinajstić information content (AvgIpc) is 2.48. The molecule has 3 aromatic rings. The third-order valence-electron chi connectivity index (χ3n) is 3.99. The van der Waals surface area contributed by atoms with E-state index < -0.39 is 0 Å². The fourth-order valence-electron chi connectivity index (χ4n) is 2.83. The molecule has 0 saturated heterocycles. The number of hydrogen-bond acceptors (Lipinski definition) is 1. The Hall–Kier alpha value is -2.35. The summed E-state index contributed by atoms with van der Waals surface area (Å²) in [6.45, 7) is 6.37. The van der Waals surface area contributed by atoms with Crippen molar-refractivity contribution in [3.63, 3.8) is 0 Å². The molecule has 0 atom stereocenters. The Morgan fingerprint density at radius 1 is 0.952 bits per heavy atom. The second-order valence-corrected chi connectivity index (χ2v) is 5.77. The van der Waals surface area contributed by atoms with Crippen LogP contribution in [0.15, 0.2) is 54.6 Å². The van der Waals surface area contributed by atoms with Crippen molar-refractivity contribution in [2.24, 2.45) is 0 Å². The molecule has 2 aromatic carbocycles. The Labute approximate surface area is 125 Å². The lowest BCUT2D eigenvalue weighted by Crippen LogP contribution is -2.31. The summed E-state index contributed by atoms with van der Waals surface area (Å²) in [5, 5.41) is 13.8. The highest BCUT2D eigenvalue weighted by atomic mass is 16.5. The maximum atomic E-state index is 12.8. The highest BCUT2D eigenvalue weighted by Crippen LogP contribution is 2.29. The van der Waals surface area contributed by atoms with Crippen molar-refractivity contribution < 1.29 is 4.73 Å². The van der Waals surface area contributed by atoms with Crippen molar-refractivity contribution in [3.8, 4) is 11.3 Å². The molecule has 1 aromatic heterocycles. The second kappa shape index (κ2) is 5.21. The van der Waals surface area contributed by atoms with Gasteiger partial charge in [-0.3, -0.25) is 0 Å². The van der Waals surface area contributed by atoms with E-state index in [-0.39, 0.29) is 0 Å². The standard InChI is InChI=1S/C19H19NO/c1-13(2)17-12-19(15-9-5-4-8-14(15)3)20(21)18-11-7-6-10-16(17)18/h4-13H,1-3H3. The predicted molar refractivity (Wildman–Crippen MR) is 87.2 cm³/mol. The topological polar surface area (TPSA) is 26.9 Å². The maximum absolute atomic E-state index is 12.8. The van der Waals surface area contributed by atoms with Gasteiger partial charge in [0.25, 0.3) is 0 Å². The van der Waals surface area contributed by atoms with E-state index in [2.05, 4.69) is 13.8 Å². The zero-order valence-corrected chi connectivity index (χ0v) is 12.6. The van der Waals surface area contributed by atoms with Crippen molar-refractivity contribution in [3.05, 3.63) is 70.9 Å². The van der Waals surface area contributed by atoms with Crippen LogP contribution in [0.2, 0.25) is 0 Å². The van der Waals surface area contributed by atoms with Crippen molar-refractivity contribution in [2.75, 3.05) is 0 Å². The molecule has 0 N–H and O–H groups in total. The molecule has 0 amide bonds. The van der Waals surface area contributed by atoms with Gasteiger partial charge in [0.05, 0.1) is 10.9 Å². The molecule has 0 bridgehead atoms. The summed E-state index contributed by atoms with van der Waals surface area (Å²) in [6.07, 6.45) is 0. The summed E-state index contributed by atoms with van der Waals surface area (Å²) in [7, 11) is 0. The monoisotopic (exact) mass is 277 g/mol. The molecule has 2 nitrogen and oxygen atoms in total. The first-order chi connectivity index (χ1) is 10.1. The molecular weight excluding hydrogens is 258 g/mol. The minimum absolute atomic E-state index is 0.374. The van der Waals surface area contributed by atoms with Gasteiger partial charge < -0.3 is 5.21 Å². The third kappa shape index (κ3) is 2.27. The molecule has 0 aliphatic rings. The Balaban J connectivity index is 2.39.